The predicted molar refractivity (Wildman–Crippen MR) is 204 cm³/mol. The molecule has 0 spiro atoms. The smallest absolute Gasteiger partial charge is 0.329 e. The Kier molecular flexibility index (Phi) is 9.65. The number of benzene rings is 2. The minimum absolute atomic E-state index is 0.218. The quantitative estimate of drug-likeness (QED) is 0.212. The number of imide groups is 1. The molecule has 3 amide bonds. The molecule has 2 saturated heterocycles. The van der Waals surface area contributed by atoms with Crippen LogP contribution in [0.25, 0.3) is 21.9 Å². The SMILES string of the molecule is COc1cc2nn(C3CCC(CN(C)C4CCN(c5cccc6c5n(C)c(=O)n6C5CCC(=O)NC5=O)CC4)CC3)cc2cc1NC(=O)c1cnccn1. The fourth-order valence-electron chi connectivity index (χ4n) is 8.73. The van der Waals surface area contributed by atoms with Gasteiger partial charge in [0.25, 0.3) is 5.91 Å². The van der Waals surface area contributed by atoms with Crippen LogP contribution in [0.2, 0.25) is 0 Å². The van der Waals surface area contributed by atoms with E-state index in [9.17, 15) is 19.2 Å². The van der Waals surface area contributed by atoms with Crippen molar-refractivity contribution in [2.75, 3.05) is 44.0 Å². The second-order valence-corrected chi connectivity index (χ2v) is 14.9. The van der Waals surface area contributed by atoms with Crippen molar-refractivity contribution in [3.63, 3.8) is 0 Å². The molecular formula is C39H46N10O5. The first-order valence-corrected chi connectivity index (χ1v) is 18.8. The third kappa shape index (κ3) is 6.72. The summed E-state index contributed by atoms with van der Waals surface area (Å²) < 4.78 is 10.9. The number of piperidine rings is 2. The summed E-state index contributed by atoms with van der Waals surface area (Å²) in [5, 5.41) is 11.1. The molecule has 2 aliphatic heterocycles. The number of imidazole rings is 1. The summed E-state index contributed by atoms with van der Waals surface area (Å²) in [6.45, 7) is 2.81. The number of fused-ring (bicyclic) bond motifs is 2. The van der Waals surface area contributed by atoms with Crippen molar-refractivity contribution < 1.29 is 19.1 Å². The van der Waals surface area contributed by atoms with Gasteiger partial charge in [-0.25, -0.2) is 9.78 Å². The van der Waals surface area contributed by atoms with Gasteiger partial charge in [0.2, 0.25) is 11.8 Å². The first-order chi connectivity index (χ1) is 26.2. The van der Waals surface area contributed by atoms with Gasteiger partial charge in [0.05, 0.1) is 47.3 Å². The van der Waals surface area contributed by atoms with Crippen molar-refractivity contribution in [3.8, 4) is 5.75 Å². The molecule has 0 radical (unpaired) electrons. The van der Waals surface area contributed by atoms with Crippen LogP contribution in [0.15, 0.2) is 59.9 Å². The van der Waals surface area contributed by atoms with Crippen LogP contribution in [0, 0.1) is 5.92 Å². The lowest BCUT2D eigenvalue weighted by Crippen LogP contribution is -2.45. The number of carbonyl (C=O) groups is 3. The van der Waals surface area contributed by atoms with Crippen LogP contribution >= 0.6 is 0 Å². The van der Waals surface area contributed by atoms with Gasteiger partial charge < -0.3 is 19.9 Å². The first-order valence-electron chi connectivity index (χ1n) is 18.8. The Hall–Kier alpha value is -5.57. The average Bonchev–Trinajstić information content (AvgIpc) is 3.72. The van der Waals surface area contributed by atoms with Crippen LogP contribution in [0.5, 0.6) is 5.75 Å². The van der Waals surface area contributed by atoms with E-state index in [1.54, 1.807) is 23.3 Å². The predicted octanol–water partition coefficient (Wildman–Crippen LogP) is 4.05. The van der Waals surface area contributed by atoms with Crippen LogP contribution in [-0.2, 0) is 16.6 Å². The number of nitrogens with zero attached hydrogens (tertiary/aromatic N) is 8. The number of nitrogens with one attached hydrogen (secondary N) is 2. The molecule has 3 fully saturated rings. The molecule has 282 valence electrons. The third-order valence-electron chi connectivity index (χ3n) is 11.7. The molecule has 8 rings (SSSR count). The highest BCUT2D eigenvalue weighted by atomic mass is 16.5. The highest BCUT2D eigenvalue weighted by Gasteiger charge is 2.33. The van der Waals surface area contributed by atoms with Crippen molar-refractivity contribution >= 4 is 51.0 Å². The van der Waals surface area contributed by atoms with E-state index in [4.69, 9.17) is 9.84 Å². The van der Waals surface area contributed by atoms with Crippen molar-refractivity contribution in [1.29, 1.82) is 0 Å². The summed E-state index contributed by atoms with van der Waals surface area (Å²) in [6, 6.07) is 9.77. The Labute approximate surface area is 312 Å². The maximum Gasteiger partial charge on any atom is 0.329 e. The minimum atomic E-state index is -0.697. The maximum atomic E-state index is 13.4. The summed E-state index contributed by atoms with van der Waals surface area (Å²) in [6.07, 6.45) is 13.5. The van der Waals surface area contributed by atoms with E-state index in [0.717, 1.165) is 85.8 Å². The monoisotopic (exact) mass is 734 g/mol. The fraction of sp³-hybridized carbons (Fsp3) is 0.462. The highest BCUT2D eigenvalue weighted by molar-refractivity contribution is 6.05. The molecule has 15 nitrogen and oxygen atoms in total. The number of hydrogen-bond donors (Lipinski definition) is 2. The zero-order chi connectivity index (χ0) is 37.5. The second kappa shape index (κ2) is 14.7. The first kappa shape index (κ1) is 35.5. The molecule has 54 heavy (non-hydrogen) atoms. The zero-order valence-electron chi connectivity index (χ0n) is 30.9. The van der Waals surface area contributed by atoms with Gasteiger partial charge in [-0.05, 0) is 76.1 Å². The number of para-hydroxylation sites is 1. The van der Waals surface area contributed by atoms with E-state index in [1.807, 2.05) is 24.3 Å². The average molecular weight is 735 g/mol. The van der Waals surface area contributed by atoms with Gasteiger partial charge in [-0.2, -0.15) is 5.10 Å². The molecule has 0 bridgehead atoms. The lowest BCUT2D eigenvalue weighted by Gasteiger charge is -2.40. The van der Waals surface area contributed by atoms with E-state index in [0.29, 0.717) is 35.9 Å². The van der Waals surface area contributed by atoms with Crippen LogP contribution in [-0.4, -0.2) is 91.3 Å². The zero-order valence-corrected chi connectivity index (χ0v) is 30.9. The molecule has 1 atom stereocenters. The molecule has 2 aromatic carbocycles. The van der Waals surface area contributed by atoms with Crippen molar-refractivity contribution in [2.45, 2.75) is 69.5 Å². The second-order valence-electron chi connectivity index (χ2n) is 14.9. The number of aryl methyl sites for hydroxylation is 1. The fourth-order valence-corrected chi connectivity index (χ4v) is 8.73. The van der Waals surface area contributed by atoms with Gasteiger partial charge in [0.15, 0.2) is 0 Å². The largest absolute Gasteiger partial charge is 0.494 e. The standard InChI is InChI=1S/C39H46N10O5/c1-45(26-13-17-47(18-14-26)31-5-4-6-32-36(31)46(2)39(53)49(32)33-11-12-35(50)43-38(33)52)22-24-7-9-27(10-8-24)48-23-25-19-29(34(54-3)20-28(25)44-48)42-37(51)30-21-40-15-16-41-30/h4-6,15-16,19-21,23-24,26-27,33H,7-14,17-18,22H2,1-3H3,(H,42,51)(H,43,50,52). The topological polar surface area (TPSA) is 162 Å². The number of rotatable bonds is 9. The Bertz CT molecular complexity index is 2260. The number of anilines is 2. The number of amides is 3. The Morgan fingerprint density at radius 2 is 1.83 bits per heavy atom. The van der Waals surface area contributed by atoms with E-state index in [2.05, 4.69) is 54.4 Å². The number of aromatic nitrogens is 6. The molecule has 3 aliphatic rings. The Morgan fingerprint density at radius 1 is 1.04 bits per heavy atom. The maximum absolute atomic E-state index is 13.4. The van der Waals surface area contributed by atoms with Crippen molar-refractivity contribution in [1.82, 2.24) is 39.1 Å². The van der Waals surface area contributed by atoms with Gasteiger partial charge in [-0.1, -0.05) is 6.07 Å². The summed E-state index contributed by atoms with van der Waals surface area (Å²) in [7, 11) is 5.60. The molecule has 1 unspecified atom stereocenters. The minimum Gasteiger partial charge on any atom is -0.494 e. The van der Waals surface area contributed by atoms with E-state index in [1.165, 1.54) is 18.6 Å². The molecule has 2 N–H and O–H groups in total. The number of hydrogen-bond acceptors (Lipinski definition) is 10. The van der Waals surface area contributed by atoms with E-state index >= 15 is 0 Å². The van der Waals surface area contributed by atoms with Gasteiger partial charge in [0.1, 0.15) is 17.5 Å². The Morgan fingerprint density at radius 3 is 2.56 bits per heavy atom. The van der Waals surface area contributed by atoms with Crippen LogP contribution in [0.3, 0.4) is 0 Å². The molecule has 3 aromatic heterocycles. The molecule has 5 aromatic rings. The lowest BCUT2D eigenvalue weighted by molar-refractivity contribution is -0.135. The molecular weight excluding hydrogens is 688 g/mol. The summed E-state index contributed by atoms with van der Waals surface area (Å²) in [4.78, 5) is 63.7. The molecule has 1 saturated carbocycles. The lowest BCUT2D eigenvalue weighted by atomic mass is 9.85. The van der Waals surface area contributed by atoms with Crippen molar-refractivity contribution in [3.05, 3.63) is 71.3 Å². The number of methoxy groups -OCH3 is 1. The summed E-state index contributed by atoms with van der Waals surface area (Å²) >= 11 is 0. The van der Waals surface area contributed by atoms with Gasteiger partial charge in [-0.15, -0.1) is 0 Å². The van der Waals surface area contributed by atoms with Crippen LogP contribution in [0.4, 0.5) is 11.4 Å². The van der Waals surface area contributed by atoms with E-state index in [-0.39, 0.29) is 29.6 Å². The highest BCUT2D eigenvalue weighted by Crippen LogP contribution is 2.37. The van der Waals surface area contributed by atoms with Gasteiger partial charge in [-0.3, -0.25) is 38.5 Å². The van der Waals surface area contributed by atoms with Crippen LogP contribution < -0.4 is 26.0 Å². The number of ether oxygens (including phenoxy) is 1. The van der Waals surface area contributed by atoms with E-state index < -0.39 is 11.9 Å². The Balaban J connectivity index is 0.868. The van der Waals surface area contributed by atoms with Crippen LogP contribution in [0.1, 0.15) is 73.9 Å². The normalized spacial score (nSPS) is 21.2. The van der Waals surface area contributed by atoms with Gasteiger partial charge >= 0.3 is 5.69 Å². The third-order valence-corrected chi connectivity index (χ3v) is 11.7. The summed E-state index contributed by atoms with van der Waals surface area (Å²) in [5.41, 5.74) is 3.92. The molecule has 5 heterocycles. The molecule has 15 heteroatoms. The van der Waals surface area contributed by atoms with Crippen molar-refractivity contribution in [2.24, 2.45) is 13.0 Å². The summed E-state index contributed by atoms with van der Waals surface area (Å²) in [5.74, 6) is 0.0852. The number of carbonyl (C=O) groups excluding carboxylic acids is 3. The molecule has 1 aliphatic carbocycles. The van der Waals surface area contributed by atoms with Gasteiger partial charge in [0, 0.05) is 69.2 Å².